The Labute approximate surface area is 193 Å². The maximum absolute atomic E-state index is 13.3. The molecule has 1 aromatic carbocycles. The van der Waals surface area contributed by atoms with E-state index in [9.17, 15) is 23.5 Å². The highest BCUT2D eigenvalue weighted by Crippen LogP contribution is 2.14. The standard InChI is InChI=1S/C25H33F2NO3S/c1-17(2)7-5-8-18(3)9-6-10-19(4)11-12-32-16-23(25(30)31)28-24(29)20-13-21(26)15-22(27)14-20/h7,9,11,13-15,23H,5-6,8,10,12,16H2,1-4H3,(H,28,29)(H,30,31)/t23-/m0/s1. The lowest BCUT2D eigenvalue weighted by molar-refractivity contribution is -0.138. The molecule has 0 fully saturated rings. The molecule has 0 bridgehead atoms. The average molecular weight is 466 g/mol. The first-order chi connectivity index (χ1) is 15.1. The predicted molar refractivity (Wildman–Crippen MR) is 128 cm³/mol. The number of amides is 1. The molecule has 1 rings (SSSR count). The fourth-order valence-electron chi connectivity index (χ4n) is 2.83. The van der Waals surface area contributed by atoms with Gasteiger partial charge < -0.3 is 10.4 Å². The zero-order valence-corrected chi connectivity index (χ0v) is 20.0. The van der Waals surface area contributed by atoms with Gasteiger partial charge in [-0.15, -0.1) is 0 Å². The number of rotatable bonds is 13. The van der Waals surface area contributed by atoms with Gasteiger partial charge in [0, 0.05) is 23.1 Å². The van der Waals surface area contributed by atoms with Crippen molar-refractivity contribution in [2.45, 2.75) is 59.4 Å². The molecule has 0 aromatic heterocycles. The Morgan fingerprint density at radius 2 is 1.53 bits per heavy atom. The Hall–Kier alpha value is -2.41. The summed E-state index contributed by atoms with van der Waals surface area (Å²) in [6.45, 7) is 8.39. The van der Waals surface area contributed by atoms with Crippen LogP contribution in [0.25, 0.3) is 0 Å². The molecule has 1 aromatic rings. The Morgan fingerprint density at radius 3 is 2.09 bits per heavy atom. The van der Waals surface area contributed by atoms with E-state index in [-0.39, 0.29) is 11.3 Å². The van der Waals surface area contributed by atoms with E-state index >= 15 is 0 Å². The number of nitrogens with one attached hydrogen (secondary N) is 1. The van der Waals surface area contributed by atoms with Gasteiger partial charge in [0.15, 0.2) is 0 Å². The van der Waals surface area contributed by atoms with Gasteiger partial charge in [-0.05, 0) is 65.5 Å². The van der Waals surface area contributed by atoms with Gasteiger partial charge in [-0.25, -0.2) is 13.6 Å². The van der Waals surface area contributed by atoms with Crippen LogP contribution in [0, 0.1) is 11.6 Å². The van der Waals surface area contributed by atoms with Crippen LogP contribution in [0.4, 0.5) is 8.78 Å². The van der Waals surface area contributed by atoms with Crippen molar-refractivity contribution in [2.24, 2.45) is 0 Å². The third-order valence-corrected chi connectivity index (χ3v) is 5.66. The van der Waals surface area contributed by atoms with Crippen molar-refractivity contribution in [1.82, 2.24) is 5.32 Å². The van der Waals surface area contributed by atoms with E-state index in [0.29, 0.717) is 11.8 Å². The second kappa shape index (κ2) is 14.6. The number of carbonyl (C=O) groups is 2. The minimum absolute atomic E-state index is 0.145. The summed E-state index contributed by atoms with van der Waals surface area (Å²) in [5.41, 5.74) is 3.68. The molecule has 0 unspecified atom stereocenters. The normalized spacial score (nSPS) is 12.9. The van der Waals surface area contributed by atoms with Gasteiger partial charge in [0.05, 0.1) is 0 Å². The van der Waals surface area contributed by atoms with Crippen LogP contribution in [0.15, 0.2) is 53.1 Å². The molecule has 7 heteroatoms. The minimum Gasteiger partial charge on any atom is -0.480 e. The zero-order chi connectivity index (χ0) is 24.1. The lowest BCUT2D eigenvalue weighted by Crippen LogP contribution is -2.42. The van der Waals surface area contributed by atoms with Crippen LogP contribution in [-0.4, -0.2) is 34.5 Å². The number of halogens is 2. The molecular weight excluding hydrogens is 432 g/mol. The smallest absolute Gasteiger partial charge is 0.327 e. The average Bonchev–Trinajstić information content (AvgIpc) is 2.68. The molecule has 1 atom stereocenters. The predicted octanol–water partition coefficient (Wildman–Crippen LogP) is 6.30. The molecule has 1 amide bonds. The van der Waals surface area contributed by atoms with E-state index in [2.05, 4.69) is 44.3 Å². The second-order valence-corrected chi connectivity index (χ2v) is 9.09. The van der Waals surface area contributed by atoms with Crippen LogP contribution in [0.5, 0.6) is 0 Å². The summed E-state index contributed by atoms with van der Waals surface area (Å²) in [7, 11) is 0. The molecule has 0 saturated carbocycles. The number of carboxylic acids is 1. The summed E-state index contributed by atoms with van der Waals surface area (Å²) in [6, 6.07) is 1.24. The highest BCUT2D eigenvalue weighted by Gasteiger charge is 2.21. The van der Waals surface area contributed by atoms with Gasteiger partial charge >= 0.3 is 5.97 Å². The van der Waals surface area contributed by atoms with Crippen LogP contribution in [-0.2, 0) is 4.79 Å². The molecule has 0 aliphatic carbocycles. The molecule has 0 heterocycles. The van der Waals surface area contributed by atoms with E-state index in [1.54, 1.807) is 0 Å². The Balaban J connectivity index is 2.44. The van der Waals surface area contributed by atoms with Crippen LogP contribution in [0.1, 0.15) is 63.7 Å². The Kier molecular flexibility index (Phi) is 12.6. The summed E-state index contributed by atoms with van der Waals surface area (Å²) in [5.74, 6) is -3.05. The number of benzene rings is 1. The lowest BCUT2D eigenvalue weighted by Gasteiger charge is -2.14. The van der Waals surface area contributed by atoms with Crippen molar-refractivity contribution in [3.8, 4) is 0 Å². The summed E-state index contributed by atoms with van der Waals surface area (Å²) in [4.78, 5) is 23.6. The van der Waals surface area contributed by atoms with Crippen molar-refractivity contribution in [3.63, 3.8) is 0 Å². The molecule has 0 saturated heterocycles. The maximum Gasteiger partial charge on any atom is 0.327 e. The fourth-order valence-corrected chi connectivity index (χ4v) is 3.83. The molecule has 2 N–H and O–H groups in total. The summed E-state index contributed by atoms with van der Waals surface area (Å²) in [6.07, 6.45) is 10.6. The molecule has 32 heavy (non-hydrogen) atoms. The third-order valence-electron chi connectivity index (χ3n) is 4.69. The van der Waals surface area contributed by atoms with Gasteiger partial charge in [0.25, 0.3) is 5.91 Å². The molecular formula is C25H33F2NO3S. The van der Waals surface area contributed by atoms with Crippen LogP contribution < -0.4 is 5.32 Å². The number of carboxylic acid groups (broad SMARTS) is 1. The van der Waals surface area contributed by atoms with E-state index in [1.165, 1.54) is 28.5 Å². The maximum atomic E-state index is 13.3. The Bertz CT molecular complexity index is 854. The zero-order valence-electron chi connectivity index (χ0n) is 19.2. The SMILES string of the molecule is CC(C)=CCCC(C)=CCCC(C)=CCSC[C@H](NC(=O)c1cc(F)cc(F)c1)C(=O)O. The summed E-state index contributed by atoms with van der Waals surface area (Å²) in [5, 5.41) is 11.7. The molecule has 0 spiro atoms. The van der Waals surface area contributed by atoms with Crippen molar-refractivity contribution >= 4 is 23.6 Å². The summed E-state index contributed by atoms with van der Waals surface area (Å²) < 4.78 is 26.5. The number of carbonyl (C=O) groups excluding carboxylic acids is 1. The topological polar surface area (TPSA) is 66.4 Å². The second-order valence-electron chi connectivity index (χ2n) is 8.02. The van der Waals surface area contributed by atoms with Crippen molar-refractivity contribution in [2.75, 3.05) is 11.5 Å². The number of allylic oxidation sites excluding steroid dienone is 5. The third kappa shape index (κ3) is 11.8. The number of thioether (sulfide) groups is 1. The fraction of sp³-hybridized carbons (Fsp3) is 0.440. The van der Waals surface area contributed by atoms with Crippen LogP contribution in [0.3, 0.4) is 0 Å². The first kappa shape index (κ1) is 27.6. The molecule has 4 nitrogen and oxygen atoms in total. The largest absolute Gasteiger partial charge is 0.480 e. The van der Waals surface area contributed by atoms with Crippen molar-refractivity contribution in [1.29, 1.82) is 0 Å². The molecule has 176 valence electrons. The molecule has 0 aliphatic heterocycles. The monoisotopic (exact) mass is 465 g/mol. The van der Waals surface area contributed by atoms with Gasteiger partial charge in [-0.1, -0.05) is 34.9 Å². The highest BCUT2D eigenvalue weighted by atomic mass is 32.2. The highest BCUT2D eigenvalue weighted by molar-refractivity contribution is 7.99. The first-order valence-corrected chi connectivity index (χ1v) is 11.8. The van der Waals surface area contributed by atoms with Crippen LogP contribution in [0.2, 0.25) is 0 Å². The number of aliphatic carboxylic acids is 1. The van der Waals surface area contributed by atoms with Gasteiger partial charge in [-0.2, -0.15) is 11.8 Å². The number of hydrogen-bond acceptors (Lipinski definition) is 3. The van der Waals surface area contributed by atoms with E-state index in [4.69, 9.17) is 0 Å². The van der Waals surface area contributed by atoms with E-state index in [1.807, 2.05) is 6.92 Å². The summed E-state index contributed by atoms with van der Waals surface area (Å²) >= 11 is 1.37. The Morgan fingerprint density at radius 1 is 0.969 bits per heavy atom. The van der Waals surface area contributed by atoms with Crippen molar-refractivity contribution < 1.29 is 23.5 Å². The molecule has 0 aliphatic rings. The first-order valence-electron chi connectivity index (χ1n) is 10.6. The van der Waals surface area contributed by atoms with Crippen molar-refractivity contribution in [3.05, 3.63) is 70.3 Å². The minimum atomic E-state index is -1.20. The van der Waals surface area contributed by atoms with Crippen LogP contribution >= 0.6 is 11.8 Å². The lowest BCUT2D eigenvalue weighted by atomic mass is 10.1. The van der Waals surface area contributed by atoms with Gasteiger partial charge in [-0.3, -0.25) is 4.79 Å². The van der Waals surface area contributed by atoms with E-state index in [0.717, 1.165) is 37.8 Å². The number of hydrogen-bond donors (Lipinski definition) is 2. The quantitative estimate of drug-likeness (QED) is 0.265. The van der Waals surface area contributed by atoms with E-state index < -0.39 is 29.6 Å². The molecule has 0 radical (unpaired) electrons. The van der Waals surface area contributed by atoms with Gasteiger partial charge in [0.2, 0.25) is 0 Å². The van der Waals surface area contributed by atoms with Gasteiger partial charge in [0.1, 0.15) is 17.7 Å².